The van der Waals surface area contributed by atoms with Crippen molar-refractivity contribution < 1.29 is 19.4 Å². The Kier molecular flexibility index (Phi) is 5.81. The number of likely N-dealkylation sites (tertiary alicyclic amines) is 1. The lowest BCUT2D eigenvalue weighted by atomic mass is 9.83. The Morgan fingerprint density at radius 3 is 2.63 bits per heavy atom. The summed E-state index contributed by atoms with van der Waals surface area (Å²) < 4.78 is 5.37. The zero-order valence-corrected chi connectivity index (χ0v) is 16.3. The van der Waals surface area contributed by atoms with E-state index in [1.54, 1.807) is 12.4 Å². The first-order valence-electron chi connectivity index (χ1n) is 9.59. The number of likely N-dealkylation sites (N-methyl/N-ethyl adjacent to an activating group) is 1. The fourth-order valence-corrected chi connectivity index (χ4v) is 4.63. The normalized spacial score (nSPS) is 29.3. The molecule has 0 saturated carbocycles. The van der Waals surface area contributed by atoms with Crippen LogP contribution in [0.3, 0.4) is 0 Å². The summed E-state index contributed by atoms with van der Waals surface area (Å²) in [6, 6.07) is 3.47. The Morgan fingerprint density at radius 1 is 1.37 bits per heavy atom. The summed E-state index contributed by atoms with van der Waals surface area (Å²) in [6.45, 7) is 6.22. The standard InChI is InChI=1S/C20H29N3O4/c1-14(2)11-20(19(25)26)12-16(18(24)23-7-9-27-10-8-23)17(22(20)3)15-5-4-6-21-13-15/h4-6,13-14,16-17H,7-12H2,1-3H3,(H,25,26)/t16-,17-,20-/m1/s1. The maximum atomic E-state index is 13.4. The van der Waals surface area contributed by atoms with Crippen molar-refractivity contribution in [3.8, 4) is 0 Å². The van der Waals surface area contributed by atoms with Gasteiger partial charge in [0.05, 0.1) is 19.1 Å². The van der Waals surface area contributed by atoms with E-state index in [1.807, 2.05) is 42.8 Å². The number of carboxylic acid groups (broad SMARTS) is 1. The lowest BCUT2D eigenvalue weighted by Crippen LogP contribution is -2.50. The number of carbonyl (C=O) groups excluding carboxylic acids is 1. The smallest absolute Gasteiger partial charge is 0.324 e. The third-order valence-electron chi connectivity index (χ3n) is 5.84. The van der Waals surface area contributed by atoms with Crippen molar-refractivity contribution in [3.05, 3.63) is 30.1 Å². The number of pyridine rings is 1. The highest BCUT2D eigenvalue weighted by atomic mass is 16.5. The van der Waals surface area contributed by atoms with Gasteiger partial charge >= 0.3 is 5.97 Å². The molecule has 0 unspecified atom stereocenters. The highest BCUT2D eigenvalue weighted by Crippen LogP contribution is 2.49. The molecule has 1 aromatic rings. The van der Waals surface area contributed by atoms with E-state index in [2.05, 4.69) is 4.98 Å². The summed E-state index contributed by atoms with van der Waals surface area (Å²) in [5.41, 5.74) is -0.167. The van der Waals surface area contributed by atoms with E-state index in [4.69, 9.17) is 4.74 Å². The summed E-state index contributed by atoms with van der Waals surface area (Å²) >= 11 is 0. The van der Waals surface area contributed by atoms with Gasteiger partial charge in [-0.1, -0.05) is 19.9 Å². The molecule has 2 aliphatic heterocycles. The number of aromatic nitrogens is 1. The van der Waals surface area contributed by atoms with Gasteiger partial charge in [0.15, 0.2) is 0 Å². The van der Waals surface area contributed by atoms with Crippen LogP contribution in [0.15, 0.2) is 24.5 Å². The molecular weight excluding hydrogens is 346 g/mol. The van der Waals surface area contributed by atoms with Crippen LogP contribution in [0.1, 0.15) is 38.3 Å². The highest BCUT2D eigenvalue weighted by Gasteiger charge is 2.57. The second-order valence-corrected chi connectivity index (χ2v) is 8.03. The Morgan fingerprint density at radius 2 is 2.07 bits per heavy atom. The van der Waals surface area contributed by atoms with Crippen molar-refractivity contribution >= 4 is 11.9 Å². The zero-order valence-electron chi connectivity index (χ0n) is 16.3. The molecule has 7 heteroatoms. The number of ether oxygens (including phenoxy) is 1. The molecule has 1 amide bonds. The largest absolute Gasteiger partial charge is 0.480 e. The van der Waals surface area contributed by atoms with Gasteiger partial charge in [0.25, 0.3) is 0 Å². The molecule has 0 bridgehead atoms. The van der Waals surface area contributed by atoms with E-state index in [-0.39, 0.29) is 17.9 Å². The lowest BCUT2D eigenvalue weighted by Gasteiger charge is -2.36. The quantitative estimate of drug-likeness (QED) is 0.845. The molecule has 1 N–H and O–H groups in total. The number of hydrogen-bond acceptors (Lipinski definition) is 5. The summed E-state index contributed by atoms with van der Waals surface area (Å²) in [6.07, 6.45) is 4.25. The molecule has 148 valence electrons. The fourth-order valence-electron chi connectivity index (χ4n) is 4.63. The Labute approximate surface area is 160 Å². The van der Waals surface area contributed by atoms with Gasteiger partial charge in [0.1, 0.15) is 5.54 Å². The van der Waals surface area contributed by atoms with E-state index in [0.29, 0.717) is 39.1 Å². The van der Waals surface area contributed by atoms with Crippen LogP contribution in [0, 0.1) is 11.8 Å². The van der Waals surface area contributed by atoms with Crippen LogP contribution in [0.25, 0.3) is 0 Å². The minimum atomic E-state index is -1.05. The van der Waals surface area contributed by atoms with E-state index < -0.39 is 17.4 Å². The number of aliphatic carboxylic acids is 1. The van der Waals surface area contributed by atoms with Gasteiger partial charge < -0.3 is 14.7 Å². The number of hydrogen-bond donors (Lipinski definition) is 1. The van der Waals surface area contributed by atoms with Gasteiger partial charge in [0, 0.05) is 31.5 Å². The number of amides is 1. The molecule has 0 radical (unpaired) electrons. The summed E-state index contributed by atoms with van der Waals surface area (Å²) in [5, 5.41) is 10.2. The average molecular weight is 375 g/mol. The van der Waals surface area contributed by atoms with E-state index in [9.17, 15) is 14.7 Å². The van der Waals surface area contributed by atoms with Gasteiger partial charge in [-0.25, -0.2) is 0 Å². The van der Waals surface area contributed by atoms with Crippen molar-refractivity contribution in [2.75, 3.05) is 33.4 Å². The number of nitrogens with zero attached hydrogens (tertiary/aromatic N) is 3. The summed E-state index contributed by atoms with van der Waals surface area (Å²) in [4.78, 5) is 33.7. The van der Waals surface area contributed by atoms with Crippen LogP contribution < -0.4 is 0 Å². The van der Waals surface area contributed by atoms with Crippen LogP contribution >= 0.6 is 0 Å². The van der Waals surface area contributed by atoms with E-state index in [1.165, 1.54) is 0 Å². The van der Waals surface area contributed by atoms with Crippen molar-refractivity contribution in [2.45, 2.75) is 38.3 Å². The Bertz CT molecular complexity index is 675. The molecule has 0 spiro atoms. The average Bonchev–Trinajstić information content (AvgIpc) is 2.95. The predicted octanol–water partition coefficient (Wildman–Crippen LogP) is 1.80. The Hall–Kier alpha value is -1.99. The second-order valence-electron chi connectivity index (χ2n) is 8.03. The monoisotopic (exact) mass is 375 g/mol. The maximum Gasteiger partial charge on any atom is 0.324 e. The second kappa shape index (κ2) is 7.94. The number of carboxylic acids is 1. The molecule has 0 aliphatic carbocycles. The van der Waals surface area contributed by atoms with Crippen molar-refractivity contribution in [2.24, 2.45) is 11.8 Å². The van der Waals surface area contributed by atoms with E-state index >= 15 is 0 Å². The highest BCUT2D eigenvalue weighted by molar-refractivity contribution is 5.85. The summed E-state index contributed by atoms with van der Waals surface area (Å²) in [5.74, 6) is -1.04. The van der Waals surface area contributed by atoms with Gasteiger partial charge in [-0.2, -0.15) is 0 Å². The number of rotatable bonds is 5. The fraction of sp³-hybridized carbons (Fsp3) is 0.650. The van der Waals surface area contributed by atoms with Gasteiger partial charge in [0.2, 0.25) is 5.91 Å². The van der Waals surface area contributed by atoms with Crippen molar-refractivity contribution in [1.29, 1.82) is 0 Å². The molecule has 0 aromatic carbocycles. The Balaban J connectivity index is 2.00. The van der Waals surface area contributed by atoms with Gasteiger partial charge in [-0.05, 0) is 37.4 Å². The van der Waals surface area contributed by atoms with Crippen molar-refractivity contribution in [3.63, 3.8) is 0 Å². The molecule has 3 rings (SSSR count). The van der Waals surface area contributed by atoms with Crippen LogP contribution in [-0.4, -0.2) is 70.7 Å². The molecule has 1 aromatic heterocycles. The number of morpholine rings is 1. The van der Waals surface area contributed by atoms with Crippen LogP contribution in [0.4, 0.5) is 0 Å². The zero-order chi connectivity index (χ0) is 19.6. The molecule has 2 fully saturated rings. The molecular formula is C20H29N3O4. The maximum absolute atomic E-state index is 13.4. The number of carbonyl (C=O) groups is 2. The van der Waals surface area contributed by atoms with Gasteiger partial charge in [-0.15, -0.1) is 0 Å². The molecule has 3 atom stereocenters. The summed E-state index contributed by atoms with van der Waals surface area (Å²) in [7, 11) is 1.83. The first kappa shape index (κ1) is 19.8. The molecule has 3 heterocycles. The first-order chi connectivity index (χ1) is 12.9. The molecule has 2 saturated heterocycles. The third kappa shape index (κ3) is 3.71. The molecule has 27 heavy (non-hydrogen) atoms. The topological polar surface area (TPSA) is 83.0 Å². The SMILES string of the molecule is CC(C)C[C@]1(C(=O)O)C[C@@H](C(=O)N2CCOCC2)[C@@H](c2cccnc2)N1C. The minimum Gasteiger partial charge on any atom is -0.480 e. The van der Waals surface area contributed by atoms with Crippen LogP contribution in [0.2, 0.25) is 0 Å². The van der Waals surface area contributed by atoms with Crippen LogP contribution in [0.5, 0.6) is 0 Å². The van der Waals surface area contributed by atoms with E-state index in [0.717, 1.165) is 5.56 Å². The molecule has 7 nitrogen and oxygen atoms in total. The predicted molar refractivity (Wildman–Crippen MR) is 100 cm³/mol. The first-order valence-corrected chi connectivity index (χ1v) is 9.59. The van der Waals surface area contributed by atoms with Gasteiger partial charge in [-0.3, -0.25) is 19.5 Å². The third-order valence-corrected chi connectivity index (χ3v) is 5.84. The minimum absolute atomic E-state index is 0.0193. The molecule has 2 aliphatic rings. The van der Waals surface area contributed by atoms with Crippen LogP contribution in [-0.2, 0) is 14.3 Å². The lowest BCUT2D eigenvalue weighted by molar-refractivity contribution is -0.151. The van der Waals surface area contributed by atoms with Crippen molar-refractivity contribution in [1.82, 2.24) is 14.8 Å².